The van der Waals surface area contributed by atoms with Gasteiger partial charge in [-0.15, -0.1) is 12.3 Å². The summed E-state index contributed by atoms with van der Waals surface area (Å²) in [5.74, 6) is 3.55. The van der Waals surface area contributed by atoms with Gasteiger partial charge in [-0.2, -0.15) is 0 Å². The molecule has 0 heterocycles. The van der Waals surface area contributed by atoms with Crippen LogP contribution in [0.25, 0.3) is 0 Å². The Morgan fingerprint density at radius 3 is 2.73 bits per heavy atom. The molecule has 0 aromatic carbocycles. The van der Waals surface area contributed by atoms with Crippen LogP contribution in [0.1, 0.15) is 52.4 Å². The highest BCUT2D eigenvalue weighted by Crippen LogP contribution is 2.43. The molecule has 1 fully saturated rings. The fourth-order valence-electron chi connectivity index (χ4n) is 3.05. The Morgan fingerprint density at radius 2 is 2.20 bits per heavy atom. The van der Waals surface area contributed by atoms with E-state index in [9.17, 15) is 0 Å². The molecule has 0 aliphatic heterocycles. The van der Waals surface area contributed by atoms with Gasteiger partial charge in [0.15, 0.2) is 0 Å². The number of rotatable bonds is 4. The van der Waals surface area contributed by atoms with E-state index in [2.05, 4.69) is 32.1 Å². The van der Waals surface area contributed by atoms with Gasteiger partial charge in [0, 0.05) is 12.5 Å². The van der Waals surface area contributed by atoms with Crippen molar-refractivity contribution in [1.82, 2.24) is 5.32 Å². The molecule has 1 heteroatoms. The minimum Gasteiger partial charge on any atom is -0.317 e. The highest BCUT2D eigenvalue weighted by molar-refractivity contribution is 4.93. The Labute approximate surface area is 95.0 Å². The van der Waals surface area contributed by atoms with Crippen molar-refractivity contribution >= 4 is 0 Å². The average molecular weight is 207 g/mol. The molecule has 1 N–H and O–H groups in total. The zero-order valence-corrected chi connectivity index (χ0v) is 10.5. The summed E-state index contributed by atoms with van der Waals surface area (Å²) in [5.41, 5.74) is 0.487. The van der Waals surface area contributed by atoms with E-state index in [1.54, 1.807) is 0 Å². The first-order chi connectivity index (χ1) is 7.11. The van der Waals surface area contributed by atoms with Gasteiger partial charge in [0.05, 0.1) is 0 Å². The van der Waals surface area contributed by atoms with E-state index in [1.165, 1.54) is 25.7 Å². The number of nitrogens with one attached hydrogen (secondary N) is 1. The predicted molar refractivity (Wildman–Crippen MR) is 66.7 cm³/mol. The molecule has 1 aliphatic rings. The van der Waals surface area contributed by atoms with Crippen molar-refractivity contribution in [2.45, 2.75) is 58.4 Å². The second-order valence-electron chi connectivity index (χ2n) is 5.48. The van der Waals surface area contributed by atoms with Crippen molar-refractivity contribution in [3.05, 3.63) is 0 Å². The molecular weight excluding hydrogens is 182 g/mol. The molecule has 86 valence electrons. The van der Waals surface area contributed by atoms with Crippen molar-refractivity contribution in [3.8, 4) is 12.3 Å². The Balaban J connectivity index is 2.60. The molecule has 1 aliphatic carbocycles. The lowest BCUT2D eigenvalue weighted by Gasteiger charge is -2.43. The predicted octanol–water partition coefficient (Wildman–Crippen LogP) is 3.20. The van der Waals surface area contributed by atoms with Crippen LogP contribution in [0.2, 0.25) is 0 Å². The van der Waals surface area contributed by atoms with Crippen LogP contribution >= 0.6 is 0 Å². The Kier molecular flexibility index (Phi) is 4.67. The first kappa shape index (κ1) is 12.6. The van der Waals surface area contributed by atoms with Gasteiger partial charge in [0.2, 0.25) is 0 Å². The van der Waals surface area contributed by atoms with Crippen LogP contribution in [0.5, 0.6) is 0 Å². The minimum absolute atomic E-state index is 0.487. The van der Waals surface area contributed by atoms with Crippen LogP contribution in [0.4, 0.5) is 0 Å². The van der Waals surface area contributed by atoms with Crippen molar-refractivity contribution in [2.24, 2.45) is 11.3 Å². The van der Waals surface area contributed by atoms with E-state index < -0.39 is 0 Å². The summed E-state index contributed by atoms with van der Waals surface area (Å²) >= 11 is 0. The molecule has 1 rings (SSSR count). The lowest BCUT2D eigenvalue weighted by Crippen LogP contribution is -2.43. The Morgan fingerprint density at radius 1 is 1.47 bits per heavy atom. The van der Waals surface area contributed by atoms with E-state index in [0.29, 0.717) is 11.5 Å². The quantitative estimate of drug-likeness (QED) is 0.698. The van der Waals surface area contributed by atoms with E-state index in [0.717, 1.165) is 18.8 Å². The number of hydrogen-bond donors (Lipinski definition) is 1. The normalized spacial score (nSPS) is 26.9. The maximum atomic E-state index is 5.35. The molecule has 0 amide bonds. The van der Waals surface area contributed by atoms with Crippen LogP contribution in [0.3, 0.4) is 0 Å². The molecule has 2 unspecified atom stereocenters. The summed E-state index contributed by atoms with van der Waals surface area (Å²) < 4.78 is 0. The highest BCUT2D eigenvalue weighted by Gasteiger charge is 2.36. The smallest absolute Gasteiger partial charge is 0.0106 e. The van der Waals surface area contributed by atoms with Crippen LogP contribution in [-0.2, 0) is 0 Å². The molecular formula is C14H25N. The topological polar surface area (TPSA) is 12.0 Å². The molecule has 1 saturated carbocycles. The van der Waals surface area contributed by atoms with E-state index in [-0.39, 0.29) is 0 Å². The van der Waals surface area contributed by atoms with Crippen molar-refractivity contribution < 1.29 is 0 Å². The van der Waals surface area contributed by atoms with E-state index in [4.69, 9.17) is 6.42 Å². The monoisotopic (exact) mass is 207 g/mol. The third-order valence-electron chi connectivity index (χ3n) is 4.05. The van der Waals surface area contributed by atoms with Crippen LogP contribution < -0.4 is 5.32 Å². The standard InChI is InChI=1S/C14H25N/c1-5-6-10-13(15-4)12-9-7-8-11-14(12,2)3/h1,12-13,15H,6-11H2,2-4H3. The van der Waals surface area contributed by atoms with Crippen LogP contribution in [-0.4, -0.2) is 13.1 Å². The van der Waals surface area contributed by atoms with Gasteiger partial charge in [-0.05, 0) is 37.6 Å². The molecule has 0 aromatic rings. The molecule has 15 heavy (non-hydrogen) atoms. The number of hydrogen-bond acceptors (Lipinski definition) is 1. The fraction of sp³-hybridized carbons (Fsp3) is 0.857. The van der Waals surface area contributed by atoms with Gasteiger partial charge >= 0.3 is 0 Å². The molecule has 0 spiro atoms. The van der Waals surface area contributed by atoms with Gasteiger partial charge in [-0.25, -0.2) is 0 Å². The average Bonchev–Trinajstić information content (AvgIpc) is 2.20. The van der Waals surface area contributed by atoms with Gasteiger partial charge in [-0.3, -0.25) is 0 Å². The number of terminal acetylenes is 1. The highest BCUT2D eigenvalue weighted by atomic mass is 14.9. The first-order valence-corrected chi connectivity index (χ1v) is 6.22. The van der Waals surface area contributed by atoms with Gasteiger partial charge in [0.1, 0.15) is 0 Å². The summed E-state index contributed by atoms with van der Waals surface area (Å²) in [6.07, 6.45) is 12.9. The van der Waals surface area contributed by atoms with Crippen molar-refractivity contribution in [3.63, 3.8) is 0 Å². The Bertz CT molecular complexity index is 224. The molecule has 0 saturated heterocycles. The lowest BCUT2D eigenvalue weighted by molar-refractivity contribution is 0.0983. The molecule has 0 aromatic heterocycles. The van der Waals surface area contributed by atoms with Gasteiger partial charge < -0.3 is 5.32 Å². The maximum Gasteiger partial charge on any atom is 0.0106 e. The summed E-state index contributed by atoms with van der Waals surface area (Å²) in [5, 5.41) is 3.47. The SMILES string of the molecule is C#CCCC(NC)C1CCCCC1(C)C. The second-order valence-corrected chi connectivity index (χ2v) is 5.48. The summed E-state index contributed by atoms with van der Waals surface area (Å²) in [6.45, 7) is 4.83. The molecule has 2 atom stereocenters. The van der Waals surface area contributed by atoms with Gasteiger partial charge in [-0.1, -0.05) is 26.7 Å². The summed E-state index contributed by atoms with van der Waals surface area (Å²) in [6, 6.07) is 0.608. The van der Waals surface area contributed by atoms with Crippen molar-refractivity contribution in [1.29, 1.82) is 0 Å². The van der Waals surface area contributed by atoms with E-state index >= 15 is 0 Å². The van der Waals surface area contributed by atoms with E-state index in [1.807, 2.05) is 0 Å². The summed E-state index contributed by atoms with van der Waals surface area (Å²) in [7, 11) is 2.08. The third-order valence-corrected chi connectivity index (χ3v) is 4.05. The van der Waals surface area contributed by atoms with Crippen molar-refractivity contribution in [2.75, 3.05) is 7.05 Å². The molecule has 0 radical (unpaired) electrons. The van der Waals surface area contributed by atoms with Crippen LogP contribution in [0, 0.1) is 23.7 Å². The zero-order valence-electron chi connectivity index (χ0n) is 10.5. The fourth-order valence-corrected chi connectivity index (χ4v) is 3.05. The Hall–Kier alpha value is -0.480. The summed E-state index contributed by atoms with van der Waals surface area (Å²) in [4.78, 5) is 0. The minimum atomic E-state index is 0.487. The maximum absolute atomic E-state index is 5.35. The third kappa shape index (κ3) is 3.24. The second kappa shape index (κ2) is 5.56. The first-order valence-electron chi connectivity index (χ1n) is 6.22. The largest absolute Gasteiger partial charge is 0.317 e. The lowest BCUT2D eigenvalue weighted by atomic mass is 9.65. The van der Waals surface area contributed by atoms with Crippen LogP contribution in [0.15, 0.2) is 0 Å². The van der Waals surface area contributed by atoms with Gasteiger partial charge in [0.25, 0.3) is 0 Å². The molecule has 0 bridgehead atoms. The molecule has 1 nitrogen and oxygen atoms in total. The zero-order chi connectivity index (χ0) is 11.3.